The highest BCUT2D eigenvalue weighted by molar-refractivity contribution is 5.94. The van der Waals surface area contributed by atoms with Crippen LogP contribution in [0.4, 0.5) is 46.0 Å². The van der Waals surface area contributed by atoms with Crippen molar-refractivity contribution in [1.82, 2.24) is 15.3 Å². The number of aromatic nitrogens is 2. The number of azo groups is 2. The van der Waals surface area contributed by atoms with E-state index in [-0.39, 0.29) is 75.7 Å². The third kappa shape index (κ3) is 11.1. The first-order chi connectivity index (χ1) is 24.9. The number of aliphatic hydroxyl groups excluding tert-OH is 1. The summed E-state index contributed by atoms with van der Waals surface area (Å²) in [4.78, 5) is 56.4. The number of rotatable bonds is 15. The summed E-state index contributed by atoms with van der Waals surface area (Å²) in [6.07, 6.45) is 0. The molecule has 20 heteroatoms. The van der Waals surface area contributed by atoms with Gasteiger partial charge in [-0.2, -0.15) is 0 Å². The maximum Gasteiger partial charge on any atom is 0.349 e. The Morgan fingerprint density at radius 1 is 0.769 bits per heavy atom. The van der Waals surface area contributed by atoms with E-state index in [4.69, 9.17) is 36.5 Å². The average Bonchev–Trinajstić information content (AvgIpc) is 3.11. The number of anilines is 4. The minimum atomic E-state index is -0.968. The predicted molar refractivity (Wildman–Crippen MR) is 187 cm³/mol. The van der Waals surface area contributed by atoms with Crippen molar-refractivity contribution in [2.45, 2.75) is 13.0 Å². The van der Waals surface area contributed by atoms with Crippen molar-refractivity contribution in [3.05, 3.63) is 66.7 Å². The number of nitrogens with zero attached hydrogens (tertiary/aromatic N) is 6. The lowest BCUT2D eigenvalue weighted by Crippen LogP contribution is -2.32. The molecule has 2 aromatic heterocycles. The first-order valence-electron chi connectivity index (χ1n) is 15.2. The van der Waals surface area contributed by atoms with Crippen LogP contribution in [0.2, 0.25) is 0 Å². The molecule has 0 saturated carbocycles. The van der Waals surface area contributed by atoms with E-state index < -0.39 is 37.1 Å². The highest BCUT2D eigenvalue weighted by atomic mass is 16.6. The molecule has 0 aliphatic heterocycles. The zero-order chi connectivity index (χ0) is 37.6. The van der Waals surface area contributed by atoms with E-state index in [0.717, 1.165) is 0 Å². The fraction of sp³-hybridized carbons (Fsp3) is 0.188. The number of para-hydroxylation sites is 1. The van der Waals surface area contributed by atoms with Crippen LogP contribution in [0.5, 0.6) is 17.2 Å². The van der Waals surface area contributed by atoms with E-state index in [0.29, 0.717) is 0 Å². The fourth-order valence-corrected chi connectivity index (χ4v) is 3.87. The lowest BCUT2D eigenvalue weighted by molar-refractivity contribution is -0.137. The minimum Gasteiger partial charge on any atom is -0.482 e. The highest BCUT2D eigenvalue weighted by Crippen LogP contribution is 2.35. The molecule has 0 aliphatic rings. The SMILES string of the molecule is CNCC(=O)Nc1ccc(N=Nc2ccccc2OC(=O)COc2ccc(OC(=O)CO)c(N=Nc3ccc(NC(=O)[C@H](C)N)nc3N)c2)c(N)n1. The van der Waals surface area contributed by atoms with Gasteiger partial charge < -0.3 is 52.5 Å². The third-order valence-corrected chi connectivity index (χ3v) is 6.33. The topological polar surface area (TPSA) is 306 Å². The number of nitrogen functional groups attached to an aromatic ring is 2. The molecule has 2 aromatic carbocycles. The molecular formula is C32H34N12O8. The highest BCUT2D eigenvalue weighted by Gasteiger charge is 2.15. The second-order valence-electron chi connectivity index (χ2n) is 10.5. The number of ether oxygens (including phenoxy) is 3. The zero-order valence-electron chi connectivity index (χ0n) is 27.8. The van der Waals surface area contributed by atoms with E-state index >= 15 is 0 Å². The quantitative estimate of drug-likeness (QED) is 0.0529. The molecule has 0 aliphatic carbocycles. The molecule has 4 rings (SSSR count). The third-order valence-electron chi connectivity index (χ3n) is 6.33. The van der Waals surface area contributed by atoms with E-state index in [2.05, 4.69) is 46.4 Å². The number of amides is 2. The minimum absolute atomic E-state index is 0.00554. The largest absolute Gasteiger partial charge is 0.482 e. The molecule has 0 spiro atoms. The smallest absolute Gasteiger partial charge is 0.349 e. The summed E-state index contributed by atoms with van der Waals surface area (Å²) >= 11 is 0. The van der Waals surface area contributed by atoms with Crippen molar-refractivity contribution in [1.29, 1.82) is 0 Å². The van der Waals surface area contributed by atoms with Gasteiger partial charge in [0.05, 0.1) is 12.6 Å². The van der Waals surface area contributed by atoms with Crippen LogP contribution in [0.3, 0.4) is 0 Å². The number of nitrogens with one attached hydrogen (secondary N) is 3. The van der Waals surface area contributed by atoms with Gasteiger partial charge in [0.2, 0.25) is 11.8 Å². The maximum absolute atomic E-state index is 12.8. The molecule has 270 valence electrons. The summed E-state index contributed by atoms with van der Waals surface area (Å²) < 4.78 is 16.2. The Bertz CT molecular complexity index is 2000. The van der Waals surface area contributed by atoms with Gasteiger partial charge in [-0.1, -0.05) is 12.1 Å². The number of likely N-dealkylation sites (N-methyl/N-ethyl adjacent to an activating group) is 1. The Morgan fingerprint density at radius 2 is 1.35 bits per heavy atom. The summed E-state index contributed by atoms with van der Waals surface area (Å²) in [5.74, 6) is -2.16. The number of hydrogen-bond acceptors (Lipinski definition) is 18. The Labute approximate surface area is 295 Å². The second kappa shape index (κ2) is 18.2. The van der Waals surface area contributed by atoms with Crippen molar-refractivity contribution in [2.75, 3.05) is 48.9 Å². The van der Waals surface area contributed by atoms with Crippen LogP contribution in [-0.2, 0) is 19.2 Å². The van der Waals surface area contributed by atoms with Crippen molar-refractivity contribution in [2.24, 2.45) is 26.2 Å². The van der Waals surface area contributed by atoms with Crippen LogP contribution in [0.15, 0.2) is 87.2 Å². The molecule has 1 atom stereocenters. The Hall–Kier alpha value is -6.90. The summed E-state index contributed by atoms with van der Waals surface area (Å²) in [6, 6.07) is 15.5. The molecule has 2 heterocycles. The molecule has 20 nitrogen and oxygen atoms in total. The summed E-state index contributed by atoms with van der Waals surface area (Å²) in [6.45, 7) is 0.129. The second-order valence-corrected chi connectivity index (χ2v) is 10.5. The molecule has 2 amide bonds. The first-order valence-corrected chi connectivity index (χ1v) is 15.2. The van der Waals surface area contributed by atoms with Crippen molar-refractivity contribution in [3.63, 3.8) is 0 Å². The van der Waals surface area contributed by atoms with Crippen LogP contribution >= 0.6 is 0 Å². The van der Waals surface area contributed by atoms with Crippen molar-refractivity contribution in [3.8, 4) is 17.2 Å². The van der Waals surface area contributed by atoms with Gasteiger partial charge in [-0.25, -0.2) is 19.6 Å². The van der Waals surface area contributed by atoms with Crippen LogP contribution in [0.25, 0.3) is 0 Å². The molecule has 52 heavy (non-hydrogen) atoms. The number of esters is 2. The van der Waals surface area contributed by atoms with Gasteiger partial charge in [-0.05, 0) is 62.5 Å². The molecule has 4 aromatic rings. The van der Waals surface area contributed by atoms with E-state index in [9.17, 15) is 19.2 Å². The van der Waals surface area contributed by atoms with Crippen LogP contribution in [0.1, 0.15) is 6.92 Å². The normalized spacial score (nSPS) is 11.6. The number of nitrogens with two attached hydrogens (primary N) is 3. The van der Waals surface area contributed by atoms with Gasteiger partial charge in [-0.15, -0.1) is 20.5 Å². The number of pyridine rings is 2. The van der Waals surface area contributed by atoms with Gasteiger partial charge >= 0.3 is 11.9 Å². The number of carbonyl (C=O) groups is 4. The maximum atomic E-state index is 12.8. The number of benzene rings is 2. The first kappa shape index (κ1) is 37.9. The Kier molecular flexibility index (Phi) is 13.3. The molecule has 0 unspecified atom stereocenters. The van der Waals surface area contributed by atoms with Crippen molar-refractivity contribution >= 4 is 69.8 Å². The van der Waals surface area contributed by atoms with E-state index in [1.54, 1.807) is 25.2 Å². The molecule has 0 radical (unpaired) electrons. The van der Waals surface area contributed by atoms with E-state index in [1.807, 2.05) is 0 Å². The van der Waals surface area contributed by atoms with Gasteiger partial charge in [-0.3, -0.25) is 9.59 Å². The average molecular weight is 715 g/mol. The lowest BCUT2D eigenvalue weighted by Gasteiger charge is -2.11. The van der Waals surface area contributed by atoms with Crippen LogP contribution in [-0.4, -0.2) is 71.7 Å². The Morgan fingerprint density at radius 3 is 1.96 bits per heavy atom. The number of hydrogen-bond donors (Lipinski definition) is 7. The molecule has 0 bridgehead atoms. The zero-order valence-corrected chi connectivity index (χ0v) is 27.8. The number of aliphatic hydroxyl groups is 1. The number of carbonyl (C=O) groups excluding carboxylic acids is 4. The monoisotopic (exact) mass is 714 g/mol. The molecule has 0 saturated heterocycles. The molecule has 0 fully saturated rings. The fourth-order valence-electron chi connectivity index (χ4n) is 3.87. The van der Waals surface area contributed by atoms with Gasteiger partial charge in [0.15, 0.2) is 29.7 Å². The molecule has 10 N–H and O–H groups in total. The standard InChI is InChI=1S/C32H34N12O8/c1-17(33)32(49)40-26-12-9-21(31(35)39-26)43-44-22-13-18(7-10-24(22)51-28(47)15-45)50-16-29(48)52-23-6-4-3-5-19(23)41-42-20-8-11-25(38-30(20)34)37-27(46)14-36-2/h3-13,17,36,45H,14-16,33H2,1-2H3,(H3,34,37,38,46)(H3,35,39,40,49)/t17-/m0/s1. The van der Waals surface area contributed by atoms with Crippen LogP contribution in [0, 0.1) is 0 Å². The predicted octanol–water partition coefficient (Wildman–Crippen LogP) is 2.80. The van der Waals surface area contributed by atoms with E-state index in [1.165, 1.54) is 55.5 Å². The lowest BCUT2D eigenvalue weighted by atomic mass is 10.3. The summed E-state index contributed by atoms with van der Waals surface area (Å²) in [5.41, 5.74) is 18.0. The van der Waals surface area contributed by atoms with Gasteiger partial charge in [0.1, 0.15) is 46.7 Å². The van der Waals surface area contributed by atoms with Gasteiger partial charge in [0, 0.05) is 6.07 Å². The van der Waals surface area contributed by atoms with Crippen molar-refractivity contribution < 1.29 is 38.5 Å². The van der Waals surface area contributed by atoms with Crippen LogP contribution < -0.4 is 47.4 Å². The van der Waals surface area contributed by atoms with Gasteiger partial charge in [0.25, 0.3) is 0 Å². The summed E-state index contributed by atoms with van der Waals surface area (Å²) in [7, 11) is 1.63. The summed E-state index contributed by atoms with van der Waals surface area (Å²) in [5, 5.41) is 33.3. The Balaban J connectivity index is 1.44. The molecular weight excluding hydrogens is 680 g/mol.